The number of aromatic nitrogens is 3. The van der Waals surface area contributed by atoms with Crippen molar-refractivity contribution in [2.45, 2.75) is 13.0 Å². The van der Waals surface area contributed by atoms with Gasteiger partial charge in [-0.1, -0.05) is 6.07 Å². The first-order valence-electron chi connectivity index (χ1n) is 7.60. The molecule has 0 spiro atoms. The number of nitrogens with one attached hydrogen (secondary N) is 1. The number of hydrogen-bond donors (Lipinski definition) is 1. The fourth-order valence-corrected chi connectivity index (χ4v) is 2.83. The number of aromatic amines is 1. The molecule has 1 saturated heterocycles. The van der Waals surface area contributed by atoms with Crippen LogP contribution in [0.1, 0.15) is 28.4 Å². The highest BCUT2D eigenvalue weighted by Gasteiger charge is 2.30. The highest BCUT2D eigenvalue weighted by Crippen LogP contribution is 2.24. The highest BCUT2D eigenvalue weighted by atomic mass is 19.1. The summed E-state index contributed by atoms with van der Waals surface area (Å²) < 4.78 is 24.8. The molecule has 1 aliphatic heterocycles. The number of aryl methyl sites for hydroxylation is 1. The second-order valence-electron chi connectivity index (χ2n) is 5.65. The second-order valence-corrected chi connectivity index (χ2v) is 5.65. The molecule has 2 aromatic heterocycles. The van der Waals surface area contributed by atoms with Gasteiger partial charge in [0.15, 0.2) is 6.10 Å². The maximum Gasteiger partial charge on any atom is 0.270 e. The van der Waals surface area contributed by atoms with E-state index < -0.39 is 6.10 Å². The zero-order valence-electron chi connectivity index (χ0n) is 13.0. The largest absolute Gasteiger partial charge is 0.423 e. The van der Waals surface area contributed by atoms with E-state index in [4.69, 9.17) is 9.15 Å². The van der Waals surface area contributed by atoms with Crippen molar-refractivity contribution in [3.05, 3.63) is 47.6 Å². The normalized spacial score (nSPS) is 18.2. The molecule has 1 N–H and O–H groups in total. The molecule has 7 nitrogen and oxygen atoms in total. The molecule has 124 valence electrons. The quantitative estimate of drug-likeness (QED) is 0.779. The fourth-order valence-electron chi connectivity index (χ4n) is 2.83. The summed E-state index contributed by atoms with van der Waals surface area (Å²) in [4.78, 5) is 17.3. The second kappa shape index (κ2) is 5.72. The highest BCUT2D eigenvalue weighted by molar-refractivity contribution is 5.98. The van der Waals surface area contributed by atoms with E-state index in [1.54, 1.807) is 24.0 Å². The number of carbonyl (C=O) groups is 1. The Morgan fingerprint density at radius 3 is 3.04 bits per heavy atom. The Kier molecular flexibility index (Phi) is 3.53. The average Bonchev–Trinajstić information content (AvgIpc) is 3.21. The zero-order valence-corrected chi connectivity index (χ0v) is 13.0. The zero-order chi connectivity index (χ0) is 16.7. The van der Waals surface area contributed by atoms with Gasteiger partial charge in [-0.15, -0.1) is 10.2 Å². The lowest BCUT2D eigenvalue weighted by Crippen LogP contribution is -2.42. The predicted octanol–water partition coefficient (Wildman–Crippen LogP) is 2.21. The average molecular weight is 330 g/mol. The van der Waals surface area contributed by atoms with Crippen molar-refractivity contribution in [1.29, 1.82) is 0 Å². The molecule has 1 aromatic carbocycles. The van der Waals surface area contributed by atoms with E-state index in [2.05, 4.69) is 15.2 Å². The van der Waals surface area contributed by atoms with E-state index in [0.29, 0.717) is 48.1 Å². The number of fused-ring (bicyclic) bond motifs is 1. The summed E-state index contributed by atoms with van der Waals surface area (Å²) in [7, 11) is 0. The molecule has 8 heteroatoms. The molecule has 0 unspecified atom stereocenters. The molecule has 0 bridgehead atoms. The molecule has 1 amide bonds. The Balaban J connectivity index is 1.57. The molecular formula is C16H15FN4O3. The maximum absolute atomic E-state index is 13.8. The van der Waals surface area contributed by atoms with Crippen molar-refractivity contribution >= 4 is 16.8 Å². The lowest BCUT2D eigenvalue weighted by atomic mass is 10.2. The lowest BCUT2D eigenvalue weighted by Gasteiger charge is -2.30. The predicted molar refractivity (Wildman–Crippen MR) is 81.9 cm³/mol. The minimum Gasteiger partial charge on any atom is -0.423 e. The number of halogens is 1. The van der Waals surface area contributed by atoms with E-state index in [9.17, 15) is 9.18 Å². The Morgan fingerprint density at radius 2 is 2.29 bits per heavy atom. The number of carbonyl (C=O) groups excluding carboxylic acids is 1. The van der Waals surface area contributed by atoms with Crippen LogP contribution < -0.4 is 0 Å². The molecule has 0 saturated carbocycles. The van der Waals surface area contributed by atoms with Crippen molar-refractivity contribution in [2.75, 3.05) is 19.7 Å². The van der Waals surface area contributed by atoms with Crippen LogP contribution >= 0.6 is 0 Å². The van der Waals surface area contributed by atoms with E-state index >= 15 is 0 Å². The monoisotopic (exact) mass is 330 g/mol. The maximum atomic E-state index is 13.8. The van der Waals surface area contributed by atoms with Crippen LogP contribution in [-0.4, -0.2) is 45.7 Å². The molecule has 24 heavy (non-hydrogen) atoms. The van der Waals surface area contributed by atoms with E-state index in [-0.39, 0.29) is 11.7 Å². The van der Waals surface area contributed by atoms with Gasteiger partial charge in [-0.05, 0) is 18.2 Å². The van der Waals surface area contributed by atoms with Crippen LogP contribution in [0.15, 0.2) is 28.7 Å². The Labute approximate surface area is 136 Å². The number of morpholine rings is 1. The number of ether oxygens (including phenoxy) is 1. The van der Waals surface area contributed by atoms with Gasteiger partial charge in [0.1, 0.15) is 11.5 Å². The van der Waals surface area contributed by atoms with Crippen molar-refractivity contribution in [1.82, 2.24) is 20.1 Å². The number of amides is 1. The first-order valence-corrected chi connectivity index (χ1v) is 7.60. The number of rotatable bonds is 2. The van der Waals surface area contributed by atoms with Gasteiger partial charge >= 0.3 is 0 Å². The van der Waals surface area contributed by atoms with Crippen LogP contribution in [0.4, 0.5) is 4.39 Å². The van der Waals surface area contributed by atoms with Gasteiger partial charge in [0.25, 0.3) is 5.91 Å². The van der Waals surface area contributed by atoms with E-state index in [0.717, 1.165) is 0 Å². The van der Waals surface area contributed by atoms with Crippen LogP contribution in [0, 0.1) is 12.7 Å². The number of benzene rings is 1. The van der Waals surface area contributed by atoms with E-state index in [1.807, 2.05) is 0 Å². The molecule has 1 atom stereocenters. The van der Waals surface area contributed by atoms with Crippen molar-refractivity contribution in [3.63, 3.8) is 0 Å². The van der Waals surface area contributed by atoms with E-state index in [1.165, 1.54) is 12.1 Å². The molecule has 0 radical (unpaired) electrons. The van der Waals surface area contributed by atoms with Crippen LogP contribution in [0.2, 0.25) is 0 Å². The topological polar surface area (TPSA) is 84.2 Å². The minimum atomic E-state index is -0.454. The van der Waals surface area contributed by atoms with Crippen molar-refractivity contribution < 1.29 is 18.3 Å². The summed E-state index contributed by atoms with van der Waals surface area (Å²) in [6, 6.07) is 6.24. The molecular weight excluding hydrogens is 315 g/mol. The number of H-pyrrole nitrogens is 1. The first-order chi connectivity index (χ1) is 11.6. The summed E-state index contributed by atoms with van der Waals surface area (Å²) in [6.45, 7) is 2.81. The van der Waals surface area contributed by atoms with Crippen LogP contribution in [0.3, 0.4) is 0 Å². The third-order valence-corrected chi connectivity index (χ3v) is 4.01. The standard InChI is InChI=1S/C16H15FN4O3/c1-9-19-20-15(24-9)14-8-21(5-6-23-14)16(22)13-7-10-11(17)3-2-4-12(10)18-13/h2-4,7,14,18H,5-6,8H2,1H3/t14-/m1/s1. The summed E-state index contributed by atoms with van der Waals surface area (Å²) in [6.07, 6.45) is -0.454. The number of hydrogen-bond acceptors (Lipinski definition) is 5. The Bertz CT molecular complexity index is 904. The summed E-state index contributed by atoms with van der Waals surface area (Å²) in [5, 5.41) is 8.13. The molecule has 4 rings (SSSR count). The van der Waals surface area contributed by atoms with Crippen LogP contribution in [0.25, 0.3) is 10.9 Å². The molecule has 0 aliphatic carbocycles. The van der Waals surface area contributed by atoms with Crippen molar-refractivity contribution in [2.24, 2.45) is 0 Å². The van der Waals surface area contributed by atoms with Crippen molar-refractivity contribution in [3.8, 4) is 0 Å². The van der Waals surface area contributed by atoms with Gasteiger partial charge in [-0.3, -0.25) is 4.79 Å². The van der Waals surface area contributed by atoms with Gasteiger partial charge in [0, 0.05) is 24.4 Å². The summed E-state index contributed by atoms with van der Waals surface area (Å²) in [5.74, 6) is 0.231. The third-order valence-electron chi connectivity index (χ3n) is 4.01. The van der Waals surface area contributed by atoms with Gasteiger partial charge in [-0.25, -0.2) is 4.39 Å². The SMILES string of the molecule is Cc1nnc([C@H]2CN(C(=O)c3cc4c(F)cccc4[nH]3)CCO2)o1. The van der Waals surface area contributed by atoms with Gasteiger partial charge in [0.2, 0.25) is 11.8 Å². The Hall–Kier alpha value is -2.74. The van der Waals surface area contributed by atoms with Crippen LogP contribution in [-0.2, 0) is 4.74 Å². The number of nitrogens with zero attached hydrogens (tertiary/aromatic N) is 3. The smallest absolute Gasteiger partial charge is 0.270 e. The first kappa shape index (κ1) is 14.8. The lowest BCUT2D eigenvalue weighted by molar-refractivity contribution is -0.0350. The summed E-state index contributed by atoms with van der Waals surface area (Å²) in [5.41, 5.74) is 0.938. The fraction of sp³-hybridized carbons (Fsp3) is 0.312. The third kappa shape index (κ3) is 2.54. The minimum absolute atomic E-state index is 0.213. The molecule has 3 aromatic rings. The molecule has 3 heterocycles. The molecule has 1 aliphatic rings. The van der Waals surface area contributed by atoms with Crippen LogP contribution in [0.5, 0.6) is 0 Å². The van der Waals surface area contributed by atoms with Gasteiger partial charge in [-0.2, -0.15) is 0 Å². The summed E-state index contributed by atoms with van der Waals surface area (Å²) >= 11 is 0. The van der Waals surface area contributed by atoms with Gasteiger partial charge in [0.05, 0.1) is 13.2 Å². The Morgan fingerprint density at radius 1 is 1.42 bits per heavy atom. The molecule has 1 fully saturated rings. The van der Waals surface area contributed by atoms with Gasteiger partial charge < -0.3 is 19.0 Å².